The topological polar surface area (TPSA) is 89.8 Å². The maximum absolute atomic E-state index is 12.7. The summed E-state index contributed by atoms with van der Waals surface area (Å²) in [6.07, 6.45) is 0. The number of rotatable bonds is 2. The Hall–Kier alpha value is -2.22. The first-order chi connectivity index (χ1) is 11.5. The minimum atomic E-state index is -0.807. The van der Waals surface area contributed by atoms with Crippen molar-refractivity contribution in [1.82, 2.24) is 5.06 Å². The smallest absolute Gasteiger partial charge is 0.266 e. The molecule has 0 saturated heterocycles. The third kappa shape index (κ3) is 2.74. The maximum Gasteiger partial charge on any atom is 0.285 e. The van der Waals surface area contributed by atoms with E-state index in [1.54, 1.807) is 20.8 Å². The highest BCUT2D eigenvalue weighted by molar-refractivity contribution is 6.47. The van der Waals surface area contributed by atoms with Gasteiger partial charge in [-0.15, -0.1) is 5.06 Å². The molecule has 0 aliphatic carbocycles. The number of hydroxylamine groups is 2. The number of carbonyl (C=O) groups is 2. The summed E-state index contributed by atoms with van der Waals surface area (Å²) in [7, 11) is 0. The molecular formula is C16H12Cl2N2O5. The van der Waals surface area contributed by atoms with Crippen molar-refractivity contribution in [3.05, 3.63) is 49.5 Å². The van der Waals surface area contributed by atoms with Gasteiger partial charge < -0.3 is 0 Å². The summed E-state index contributed by atoms with van der Waals surface area (Å²) in [5.74, 6) is -1.47. The zero-order valence-corrected chi connectivity index (χ0v) is 14.9. The number of nitro groups is 1. The minimum Gasteiger partial charge on any atom is -0.266 e. The molecule has 0 saturated carbocycles. The Morgan fingerprint density at radius 2 is 1.68 bits per heavy atom. The van der Waals surface area contributed by atoms with E-state index in [0.717, 1.165) is 6.07 Å². The molecule has 7 nitrogen and oxygen atoms in total. The number of hydrogen-bond donors (Lipinski definition) is 0. The molecule has 1 heterocycles. The number of benzene rings is 2. The van der Waals surface area contributed by atoms with E-state index in [1.165, 1.54) is 12.1 Å². The maximum atomic E-state index is 12.7. The molecule has 3 rings (SSSR count). The third-order valence-corrected chi connectivity index (χ3v) is 4.33. The molecule has 2 amide bonds. The molecule has 2 aromatic carbocycles. The van der Waals surface area contributed by atoms with Crippen LogP contribution in [0.5, 0.6) is 0 Å². The first-order valence-corrected chi connectivity index (χ1v) is 7.95. The number of nitro benzene ring substituents is 1. The van der Waals surface area contributed by atoms with Gasteiger partial charge in [-0.25, -0.2) is 0 Å². The van der Waals surface area contributed by atoms with Crippen LogP contribution in [0.2, 0.25) is 10.0 Å². The van der Waals surface area contributed by atoms with Gasteiger partial charge >= 0.3 is 0 Å². The first-order valence-electron chi connectivity index (χ1n) is 7.20. The highest BCUT2D eigenvalue weighted by Gasteiger charge is 2.39. The Balaban J connectivity index is 2.38. The van der Waals surface area contributed by atoms with E-state index in [1.807, 2.05) is 0 Å². The minimum absolute atomic E-state index is 0.0203. The van der Waals surface area contributed by atoms with Gasteiger partial charge in [0.05, 0.1) is 37.1 Å². The summed E-state index contributed by atoms with van der Waals surface area (Å²) in [4.78, 5) is 41.6. The highest BCUT2D eigenvalue weighted by atomic mass is 35.5. The van der Waals surface area contributed by atoms with E-state index >= 15 is 0 Å². The van der Waals surface area contributed by atoms with Crippen molar-refractivity contribution in [3.63, 3.8) is 0 Å². The van der Waals surface area contributed by atoms with Crippen molar-refractivity contribution >= 4 is 51.5 Å². The highest BCUT2D eigenvalue weighted by Crippen LogP contribution is 2.43. The number of hydrogen-bond acceptors (Lipinski definition) is 5. The Morgan fingerprint density at radius 3 is 2.24 bits per heavy atom. The van der Waals surface area contributed by atoms with Gasteiger partial charge in [0.2, 0.25) is 0 Å². The largest absolute Gasteiger partial charge is 0.285 e. The van der Waals surface area contributed by atoms with E-state index in [0.29, 0.717) is 5.06 Å². The molecule has 0 aromatic heterocycles. The van der Waals surface area contributed by atoms with Crippen molar-refractivity contribution < 1.29 is 19.3 Å². The van der Waals surface area contributed by atoms with Gasteiger partial charge in [-0.1, -0.05) is 23.2 Å². The van der Waals surface area contributed by atoms with Gasteiger partial charge in [-0.05, 0) is 32.9 Å². The molecule has 0 radical (unpaired) electrons. The molecule has 0 unspecified atom stereocenters. The number of imide groups is 1. The summed E-state index contributed by atoms with van der Waals surface area (Å²) in [5.41, 5.74) is -1.04. The lowest BCUT2D eigenvalue weighted by Gasteiger charge is -2.31. The summed E-state index contributed by atoms with van der Waals surface area (Å²) in [5, 5.41) is 11.9. The van der Waals surface area contributed by atoms with Crippen LogP contribution in [0.1, 0.15) is 41.5 Å². The van der Waals surface area contributed by atoms with Crippen molar-refractivity contribution in [2.24, 2.45) is 0 Å². The van der Waals surface area contributed by atoms with Crippen LogP contribution >= 0.6 is 23.2 Å². The lowest BCUT2D eigenvalue weighted by molar-refractivity contribution is -0.383. The molecule has 0 spiro atoms. The Kier molecular flexibility index (Phi) is 3.98. The number of halogens is 2. The van der Waals surface area contributed by atoms with Crippen molar-refractivity contribution in [2.45, 2.75) is 26.4 Å². The van der Waals surface area contributed by atoms with Crippen molar-refractivity contribution in [3.8, 4) is 0 Å². The Labute approximate surface area is 152 Å². The Bertz CT molecular complexity index is 965. The van der Waals surface area contributed by atoms with Crippen molar-refractivity contribution in [2.75, 3.05) is 0 Å². The Morgan fingerprint density at radius 1 is 1.08 bits per heavy atom. The molecule has 2 aromatic rings. The van der Waals surface area contributed by atoms with Crippen LogP contribution in [-0.2, 0) is 4.84 Å². The van der Waals surface area contributed by atoms with Gasteiger partial charge in [0, 0.05) is 11.5 Å². The SMILES string of the molecule is CC(C)(C)ON1C(=O)c2ccc([N+](=O)[O-])c3c(Cl)c(Cl)cc(c23)C1=O. The molecule has 25 heavy (non-hydrogen) atoms. The fourth-order valence-electron chi connectivity index (χ4n) is 2.64. The number of nitrogens with zero attached hydrogens (tertiary/aromatic N) is 2. The second-order valence-corrected chi connectivity index (χ2v) is 7.25. The van der Waals surface area contributed by atoms with Crippen LogP contribution in [0.4, 0.5) is 5.69 Å². The van der Waals surface area contributed by atoms with Crippen LogP contribution in [0, 0.1) is 10.1 Å². The molecule has 1 aliphatic heterocycles. The number of carbonyl (C=O) groups excluding carboxylic acids is 2. The quantitative estimate of drug-likeness (QED) is 0.436. The standard InChI is InChI=1S/C16H12Cl2N2O5/c1-16(2,3)25-19-14(21)7-4-5-10(20(23)24)12-11(7)8(15(19)22)6-9(17)13(12)18/h4-6H,1-3H3. The fraction of sp³-hybridized carbons (Fsp3) is 0.250. The number of non-ortho nitro benzene ring substituents is 1. The van der Waals surface area contributed by atoms with E-state index in [4.69, 9.17) is 28.0 Å². The lowest BCUT2D eigenvalue weighted by Crippen LogP contribution is -2.44. The van der Waals surface area contributed by atoms with Crippen LogP contribution in [0.15, 0.2) is 18.2 Å². The van der Waals surface area contributed by atoms with Crippen LogP contribution in [0.25, 0.3) is 10.8 Å². The predicted molar refractivity (Wildman–Crippen MR) is 92.0 cm³/mol. The van der Waals surface area contributed by atoms with Crippen molar-refractivity contribution in [1.29, 1.82) is 0 Å². The van der Waals surface area contributed by atoms with Gasteiger partial charge in [0.25, 0.3) is 17.5 Å². The fourth-order valence-corrected chi connectivity index (χ4v) is 3.09. The second kappa shape index (κ2) is 5.66. The van der Waals surface area contributed by atoms with Crippen LogP contribution in [-0.4, -0.2) is 27.4 Å². The molecular weight excluding hydrogens is 371 g/mol. The lowest BCUT2D eigenvalue weighted by atomic mass is 9.94. The van der Waals surface area contributed by atoms with Gasteiger partial charge in [-0.2, -0.15) is 0 Å². The third-order valence-electron chi connectivity index (χ3n) is 3.54. The summed E-state index contributed by atoms with van der Waals surface area (Å²) in [6.45, 7) is 5.05. The molecule has 0 bridgehead atoms. The predicted octanol–water partition coefficient (Wildman–Crippen LogP) is 4.38. The summed E-state index contributed by atoms with van der Waals surface area (Å²) < 4.78 is 0. The molecule has 1 aliphatic rings. The summed E-state index contributed by atoms with van der Waals surface area (Å²) >= 11 is 12.2. The molecule has 0 atom stereocenters. The van der Waals surface area contributed by atoms with E-state index < -0.39 is 22.3 Å². The molecule has 130 valence electrons. The van der Waals surface area contributed by atoms with Gasteiger partial charge in [0.1, 0.15) is 0 Å². The number of amides is 2. The molecule has 0 N–H and O–H groups in total. The average molecular weight is 383 g/mol. The zero-order valence-electron chi connectivity index (χ0n) is 13.4. The second-order valence-electron chi connectivity index (χ2n) is 6.47. The van der Waals surface area contributed by atoms with E-state index in [9.17, 15) is 19.7 Å². The zero-order chi connectivity index (χ0) is 18.7. The first kappa shape index (κ1) is 17.6. The molecule has 0 fully saturated rings. The van der Waals surface area contributed by atoms with E-state index in [2.05, 4.69) is 0 Å². The summed E-state index contributed by atoms with van der Waals surface area (Å²) in [6, 6.07) is 3.72. The monoisotopic (exact) mass is 382 g/mol. The normalized spacial score (nSPS) is 14.4. The average Bonchev–Trinajstić information content (AvgIpc) is 2.51. The van der Waals surface area contributed by atoms with Gasteiger partial charge in [-0.3, -0.25) is 24.5 Å². The molecule has 9 heteroatoms. The van der Waals surface area contributed by atoms with Crippen LogP contribution < -0.4 is 0 Å². The van der Waals surface area contributed by atoms with E-state index in [-0.39, 0.29) is 37.6 Å². The van der Waals surface area contributed by atoms with Gasteiger partial charge in [0.15, 0.2) is 0 Å². The van der Waals surface area contributed by atoms with Crippen LogP contribution in [0.3, 0.4) is 0 Å².